The van der Waals surface area contributed by atoms with E-state index in [0.29, 0.717) is 0 Å². The minimum atomic E-state index is 0.0699. The predicted octanol–water partition coefficient (Wildman–Crippen LogP) is 3.92. The van der Waals surface area contributed by atoms with E-state index in [4.69, 9.17) is 4.98 Å². The van der Waals surface area contributed by atoms with Crippen molar-refractivity contribution in [2.45, 2.75) is 46.6 Å². The lowest BCUT2D eigenvalue weighted by Crippen LogP contribution is -2.18. The summed E-state index contributed by atoms with van der Waals surface area (Å²) >= 11 is 1.79. The lowest BCUT2D eigenvalue weighted by Gasteiger charge is -2.17. The molecule has 1 N–H and O–H groups in total. The zero-order valence-corrected chi connectivity index (χ0v) is 13.8. The first kappa shape index (κ1) is 15.1. The van der Waals surface area contributed by atoms with Crippen molar-refractivity contribution in [2.75, 3.05) is 6.54 Å². The summed E-state index contributed by atoms with van der Waals surface area (Å²) in [5.74, 6) is 0. The summed E-state index contributed by atoms with van der Waals surface area (Å²) in [5, 5.41) is 4.51. The van der Waals surface area contributed by atoms with Gasteiger partial charge in [0, 0.05) is 34.8 Å². The normalized spacial score (nSPS) is 11.8. The Morgan fingerprint density at radius 3 is 2.65 bits per heavy atom. The second-order valence-corrected chi connectivity index (χ2v) is 7.10. The summed E-state index contributed by atoms with van der Waals surface area (Å²) in [6.45, 7) is 12.8. The highest BCUT2D eigenvalue weighted by Crippen LogP contribution is 2.35. The average molecular weight is 289 g/mol. The molecule has 0 amide bonds. The van der Waals surface area contributed by atoms with Gasteiger partial charge in [-0.2, -0.15) is 0 Å². The van der Waals surface area contributed by atoms with Gasteiger partial charge in [0.25, 0.3) is 0 Å². The third-order valence-corrected chi connectivity index (χ3v) is 4.28. The van der Waals surface area contributed by atoms with Crippen LogP contribution in [0.25, 0.3) is 10.6 Å². The second-order valence-electron chi connectivity index (χ2n) is 6.01. The van der Waals surface area contributed by atoms with Crippen molar-refractivity contribution >= 4 is 11.3 Å². The van der Waals surface area contributed by atoms with Crippen LogP contribution in [0.5, 0.6) is 0 Å². The van der Waals surface area contributed by atoms with Gasteiger partial charge in [-0.25, -0.2) is 4.98 Å². The van der Waals surface area contributed by atoms with Gasteiger partial charge in [0.15, 0.2) is 0 Å². The van der Waals surface area contributed by atoms with Crippen LogP contribution in [0.2, 0.25) is 0 Å². The number of pyridine rings is 1. The molecule has 0 unspecified atom stereocenters. The van der Waals surface area contributed by atoms with Gasteiger partial charge in [0.05, 0.1) is 5.69 Å². The van der Waals surface area contributed by atoms with Crippen molar-refractivity contribution in [1.82, 2.24) is 15.3 Å². The molecule has 0 saturated heterocycles. The van der Waals surface area contributed by atoms with Gasteiger partial charge in [-0.15, -0.1) is 11.3 Å². The number of rotatable bonds is 4. The van der Waals surface area contributed by atoms with Crippen LogP contribution in [0.4, 0.5) is 0 Å². The number of aromatic nitrogens is 2. The fourth-order valence-corrected chi connectivity index (χ4v) is 3.46. The molecule has 20 heavy (non-hydrogen) atoms. The maximum atomic E-state index is 4.92. The fraction of sp³-hybridized carbons (Fsp3) is 0.500. The lowest BCUT2D eigenvalue weighted by molar-refractivity contribution is 0.561. The first-order chi connectivity index (χ1) is 9.43. The fourth-order valence-electron chi connectivity index (χ4n) is 2.12. The minimum absolute atomic E-state index is 0.0699. The summed E-state index contributed by atoms with van der Waals surface area (Å²) in [6, 6.07) is 2.05. The topological polar surface area (TPSA) is 37.8 Å². The molecular weight excluding hydrogens is 266 g/mol. The van der Waals surface area contributed by atoms with Gasteiger partial charge in [0.2, 0.25) is 0 Å². The number of hydrogen-bond acceptors (Lipinski definition) is 4. The summed E-state index contributed by atoms with van der Waals surface area (Å²) in [6.07, 6.45) is 3.74. The van der Waals surface area contributed by atoms with Gasteiger partial charge in [-0.1, -0.05) is 27.7 Å². The Balaban J connectivity index is 2.46. The van der Waals surface area contributed by atoms with E-state index in [-0.39, 0.29) is 5.41 Å². The maximum Gasteiger partial charge on any atom is 0.124 e. The molecule has 0 saturated carbocycles. The van der Waals surface area contributed by atoms with Crippen LogP contribution in [0.3, 0.4) is 0 Å². The number of thiazole rings is 1. The summed E-state index contributed by atoms with van der Waals surface area (Å²) in [7, 11) is 0. The number of nitrogens with one attached hydrogen (secondary N) is 1. The Morgan fingerprint density at radius 1 is 1.30 bits per heavy atom. The van der Waals surface area contributed by atoms with E-state index in [1.807, 2.05) is 12.4 Å². The number of nitrogens with zero attached hydrogens (tertiary/aromatic N) is 2. The molecule has 2 heterocycles. The van der Waals surface area contributed by atoms with Crippen LogP contribution in [-0.2, 0) is 12.0 Å². The summed E-state index contributed by atoms with van der Waals surface area (Å²) in [4.78, 5) is 10.4. The molecule has 108 valence electrons. The summed E-state index contributed by atoms with van der Waals surface area (Å²) < 4.78 is 0. The van der Waals surface area contributed by atoms with Gasteiger partial charge in [-0.05, 0) is 25.1 Å². The molecule has 3 nitrogen and oxygen atoms in total. The van der Waals surface area contributed by atoms with E-state index >= 15 is 0 Å². The van der Waals surface area contributed by atoms with E-state index in [9.17, 15) is 0 Å². The molecule has 0 bridgehead atoms. The molecule has 2 aromatic rings. The van der Waals surface area contributed by atoms with Crippen LogP contribution in [0.15, 0.2) is 18.5 Å². The molecule has 0 aliphatic rings. The Labute approximate surface area is 125 Å². The van der Waals surface area contributed by atoms with Gasteiger partial charge in [-0.3, -0.25) is 4.98 Å². The molecule has 0 radical (unpaired) electrons. The Morgan fingerprint density at radius 2 is 2.05 bits per heavy atom. The number of aryl methyl sites for hydroxylation is 1. The third-order valence-electron chi connectivity index (χ3n) is 3.19. The molecule has 0 aliphatic heterocycles. The van der Waals surface area contributed by atoms with E-state index in [1.165, 1.54) is 21.7 Å². The Bertz CT molecular complexity index is 582. The third kappa shape index (κ3) is 3.25. The number of hydrogen-bond donors (Lipinski definition) is 1. The molecular formula is C16H23N3S. The smallest absolute Gasteiger partial charge is 0.124 e. The van der Waals surface area contributed by atoms with Gasteiger partial charge >= 0.3 is 0 Å². The maximum absolute atomic E-state index is 4.92. The first-order valence-electron chi connectivity index (χ1n) is 7.05. The van der Waals surface area contributed by atoms with Crippen LogP contribution < -0.4 is 5.32 Å². The first-order valence-corrected chi connectivity index (χ1v) is 7.87. The van der Waals surface area contributed by atoms with Gasteiger partial charge < -0.3 is 5.32 Å². The quantitative estimate of drug-likeness (QED) is 0.927. The average Bonchev–Trinajstić information content (AvgIpc) is 2.80. The highest BCUT2D eigenvalue weighted by atomic mass is 32.1. The Kier molecular flexibility index (Phi) is 4.55. The molecule has 0 aliphatic carbocycles. The zero-order valence-electron chi connectivity index (χ0n) is 12.9. The molecule has 0 spiro atoms. The molecule has 2 rings (SSSR count). The van der Waals surface area contributed by atoms with Crippen molar-refractivity contribution in [3.63, 3.8) is 0 Å². The predicted molar refractivity (Wildman–Crippen MR) is 86.2 cm³/mol. The standard InChI is InChI=1S/C16H23N3S/c1-6-17-10-13-14(16(3,4)5)19-15(20-13)12-7-8-18-9-11(12)2/h7-9,17H,6,10H2,1-5H3. The van der Waals surface area contributed by atoms with Crippen molar-refractivity contribution in [3.05, 3.63) is 34.6 Å². The molecule has 0 atom stereocenters. The largest absolute Gasteiger partial charge is 0.312 e. The summed E-state index contributed by atoms with van der Waals surface area (Å²) in [5.41, 5.74) is 3.64. The highest BCUT2D eigenvalue weighted by Gasteiger charge is 2.23. The van der Waals surface area contributed by atoms with Crippen molar-refractivity contribution in [3.8, 4) is 10.6 Å². The lowest BCUT2D eigenvalue weighted by atomic mass is 9.91. The molecule has 0 fully saturated rings. The molecule has 0 aromatic carbocycles. The van der Waals surface area contributed by atoms with Crippen LogP contribution in [0, 0.1) is 6.92 Å². The van der Waals surface area contributed by atoms with Crippen LogP contribution >= 0.6 is 11.3 Å². The van der Waals surface area contributed by atoms with E-state index < -0.39 is 0 Å². The van der Waals surface area contributed by atoms with Crippen molar-refractivity contribution in [1.29, 1.82) is 0 Å². The van der Waals surface area contributed by atoms with E-state index in [2.05, 4.69) is 51.0 Å². The SMILES string of the molecule is CCNCc1sc(-c2ccncc2C)nc1C(C)(C)C. The highest BCUT2D eigenvalue weighted by molar-refractivity contribution is 7.15. The van der Waals surface area contributed by atoms with Crippen molar-refractivity contribution < 1.29 is 0 Å². The van der Waals surface area contributed by atoms with Crippen LogP contribution in [-0.4, -0.2) is 16.5 Å². The van der Waals surface area contributed by atoms with Gasteiger partial charge in [0.1, 0.15) is 5.01 Å². The van der Waals surface area contributed by atoms with E-state index in [1.54, 1.807) is 11.3 Å². The Hall–Kier alpha value is -1.26. The second kappa shape index (κ2) is 6.02. The minimum Gasteiger partial charge on any atom is -0.312 e. The van der Waals surface area contributed by atoms with Crippen molar-refractivity contribution in [2.24, 2.45) is 0 Å². The molecule has 2 aromatic heterocycles. The molecule has 4 heteroatoms. The van der Waals surface area contributed by atoms with E-state index in [0.717, 1.165) is 18.1 Å². The van der Waals surface area contributed by atoms with Crippen LogP contribution in [0.1, 0.15) is 43.8 Å². The zero-order chi connectivity index (χ0) is 14.8. The monoisotopic (exact) mass is 289 g/mol.